The lowest BCUT2D eigenvalue weighted by atomic mass is 10.0. The van der Waals surface area contributed by atoms with E-state index in [4.69, 9.17) is 34.7 Å². The minimum Gasteiger partial charge on any atom is -0.476 e. The van der Waals surface area contributed by atoms with Crippen molar-refractivity contribution >= 4 is 31.2 Å². The van der Waals surface area contributed by atoms with Gasteiger partial charge in [-0.2, -0.15) is 25.3 Å². The van der Waals surface area contributed by atoms with E-state index in [0.717, 1.165) is 11.1 Å². The summed E-state index contributed by atoms with van der Waals surface area (Å²) < 4.78 is 10.3. The summed E-state index contributed by atoms with van der Waals surface area (Å²) in [6.07, 6.45) is -0.183. The molecule has 0 N–H and O–H groups in total. The van der Waals surface area contributed by atoms with E-state index in [1.807, 2.05) is 68.4 Å². The lowest BCUT2D eigenvalue weighted by molar-refractivity contribution is -0.163. The number of carbonyl (C=O) groups excluding carboxylic acids is 1. The molecule has 2 rings (SSSR count). The Morgan fingerprint density at radius 2 is 1.44 bits per heavy atom. The first-order valence-electron chi connectivity index (χ1n) is 8.14. The van der Waals surface area contributed by atoms with E-state index in [1.54, 1.807) is 13.8 Å². The second-order valence-electron chi connectivity index (χ2n) is 6.63. The predicted octanol–water partition coefficient (Wildman–Crippen LogP) is 4.86. The van der Waals surface area contributed by atoms with Crippen LogP contribution in [0.25, 0.3) is 0 Å². The summed E-state index contributed by atoms with van der Waals surface area (Å²) in [6.45, 7) is 7.00. The largest absolute Gasteiger partial charge is 0.476 e. The lowest BCUT2D eigenvalue weighted by Crippen LogP contribution is -2.40. The molecular formula is C20H24O3S2. The zero-order valence-electron chi connectivity index (χ0n) is 14.9. The molecule has 0 aromatic heterocycles. The summed E-state index contributed by atoms with van der Waals surface area (Å²) in [5.74, 6) is 0.189. The van der Waals surface area contributed by atoms with E-state index < -0.39 is 15.6 Å². The van der Waals surface area contributed by atoms with Gasteiger partial charge in [0.25, 0.3) is 0 Å². The number of ether oxygens (including phenoxy) is 2. The summed E-state index contributed by atoms with van der Waals surface area (Å²) in [7, 11) is 0. The van der Waals surface area contributed by atoms with Gasteiger partial charge in [-0.15, -0.1) is 0 Å². The van der Waals surface area contributed by atoms with Crippen LogP contribution in [-0.2, 0) is 13.6 Å². The third-order valence-electron chi connectivity index (χ3n) is 3.64. The second-order valence-corrected chi connectivity index (χ2v) is 8.32. The van der Waals surface area contributed by atoms with E-state index in [1.165, 1.54) is 0 Å². The van der Waals surface area contributed by atoms with Crippen LogP contribution < -0.4 is 4.74 Å². The van der Waals surface area contributed by atoms with Crippen LogP contribution in [-0.4, -0.2) is 17.7 Å². The highest BCUT2D eigenvalue weighted by molar-refractivity contribution is 8.00. The number of esters is 1. The highest BCUT2D eigenvalue weighted by Gasteiger charge is 2.33. The van der Waals surface area contributed by atoms with Crippen molar-refractivity contribution in [1.82, 2.24) is 0 Å². The molecule has 0 radical (unpaired) electrons. The number of rotatable bonds is 6. The SMILES string of the molecule is CC(C)OC(=O)C(C)(C)Oc1ccc(C(S)(S)c2ccccc2)cc1. The maximum Gasteiger partial charge on any atom is 0.350 e. The van der Waals surface area contributed by atoms with Gasteiger partial charge < -0.3 is 9.47 Å². The van der Waals surface area contributed by atoms with Crippen molar-refractivity contribution in [2.75, 3.05) is 0 Å². The van der Waals surface area contributed by atoms with E-state index in [9.17, 15) is 4.79 Å². The first kappa shape index (κ1) is 19.7. The van der Waals surface area contributed by atoms with Crippen LogP contribution in [0.5, 0.6) is 5.75 Å². The van der Waals surface area contributed by atoms with Crippen molar-refractivity contribution in [2.24, 2.45) is 0 Å². The van der Waals surface area contributed by atoms with E-state index in [-0.39, 0.29) is 6.10 Å². The Morgan fingerprint density at radius 3 is 1.96 bits per heavy atom. The minimum absolute atomic E-state index is 0.183. The van der Waals surface area contributed by atoms with Crippen molar-refractivity contribution in [3.63, 3.8) is 0 Å². The molecule has 25 heavy (non-hydrogen) atoms. The smallest absolute Gasteiger partial charge is 0.350 e. The first-order valence-corrected chi connectivity index (χ1v) is 9.03. The molecule has 2 aromatic rings. The fourth-order valence-corrected chi connectivity index (χ4v) is 2.88. The molecule has 0 bridgehead atoms. The van der Waals surface area contributed by atoms with Gasteiger partial charge in [-0.25, -0.2) is 4.79 Å². The van der Waals surface area contributed by atoms with E-state index in [2.05, 4.69) is 0 Å². The van der Waals surface area contributed by atoms with Crippen LogP contribution in [0.2, 0.25) is 0 Å². The molecule has 0 saturated carbocycles. The Hall–Kier alpha value is -1.59. The zero-order valence-corrected chi connectivity index (χ0v) is 16.7. The highest BCUT2D eigenvalue weighted by Crippen LogP contribution is 2.40. The summed E-state index contributed by atoms with van der Waals surface area (Å²) in [6, 6.07) is 17.2. The molecule has 0 aliphatic rings. The Morgan fingerprint density at radius 1 is 0.920 bits per heavy atom. The average Bonchev–Trinajstić information content (AvgIpc) is 2.55. The summed E-state index contributed by atoms with van der Waals surface area (Å²) in [5.41, 5.74) is 0.834. The standard InChI is InChI=1S/C20H24O3S2/c1-14(2)22-18(21)19(3,4)23-17-12-10-16(11-13-17)20(24,25)15-8-6-5-7-9-15/h5-14,24-25H,1-4H3. The molecule has 0 aliphatic carbocycles. The number of carbonyl (C=O) groups is 1. The van der Waals surface area contributed by atoms with Gasteiger partial charge in [0.15, 0.2) is 5.60 Å². The first-order chi connectivity index (χ1) is 11.6. The summed E-state index contributed by atoms with van der Waals surface area (Å²) in [5, 5.41) is 0. The van der Waals surface area contributed by atoms with Crippen molar-refractivity contribution in [1.29, 1.82) is 0 Å². The molecule has 0 unspecified atom stereocenters. The van der Waals surface area contributed by atoms with Gasteiger partial charge in [0.1, 0.15) is 9.83 Å². The molecule has 2 aromatic carbocycles. The second kappa shape index (κ2) is 7.75. The zero-order chi connectivity index (χ0) is 18.7. The monoisotopic (exact) mass is 376 g/mol. The molecule has 0 heterocycles. The summed E-state index contributed by atoms with van der Waals surface area (Å²) in [4.78, 5) is 12.1. The fourth-order valence-electron chi connectivity index (χ4n) is 2.28. The van der Waals surface area contributed by atoms with Crippen molar-refractivity contribution in [3.05, 3.63) is 65.7 Å². The Balaban J connectivity index is 2.16. The summed E-state index contributed by atoms with van der Waals surface area (Å²) >= 11 is 9.41. The minimum atomic E-state index is -1.07. The normalized spacial score (nSPS) is 12.1. The Kier molecular flexibility index (Phi) is 6.12. The van der Waals surface area contributed by atoms with Crippen LogP contribution in [0.3, 0.4) is 0 Å². The number of hydrogen-bond acceptors (Lipinski definition) is 5. The van der Waals surface area contributed by atoms with Crippen LogP contribution >= 0.6 is 25.3 Å². The van der Waals surface area contributed by atoms with Gasteiger partial charge in [-0.05, 0) is 51.0 Å². The Labute approximate surface area is 160 Å². The van der Waals surface area contributed by atoms with Gasteiger partial charge in [0.05, 0.1) is 6.10 Å². The van der Waals surface area contributed by atoms with Gasteiger partial charge in [0.2, 0.25) is 0 Å². The molecule has 0 saturated heterocycles. The van der Waals surface area contributed by atoms with E-state index in [0.29, 0.717) is 5.75 Å². The van der Waals surface area contributed by atoms with Crippen molar-refractivity contribution in [2.45, 2.75) is 43.5 Å². The Bertz CT molecular complexity index is 707. The molecule has 134 valence electrons. The highest BCUT2D eigenvalue weighted by atomic mass is 32.2. The van der Waals surface area contributed by atoms with Gasteiger partial charge in [-0.3, -0.25) is 0 Å². The lowest BCUT2D eigenvalue weighted by Gasteiger charge is -2.27. The third-order valence-corrected chi connectivity index (χ3v) is 4.67. The van der Waals surface area contributed by atoms with Crippen LogP contribution in [0.1, 0.15) is 38.8 Å². The maximum absolute atomic E-state index is 12.1. The van der Waals surface area contributed by atoms with Gasteiger partial charge >= 0.3 is 5.97 Å². The molecule has 0 fully saturated rings. The maximum atomic E-state index is 12.1. The molecule has 0 atom stereocenters. The van der Waals surface area contributed by atoms with Crippen molar-refractivity contribution < 1.29 is 14.3 Å². The quantitative estimate of drug-likeness (QED) is 0.429. The molecule has 3 nitrogen and oxygen atoms in total. The van der Waals surface area contributed by atoms with Gasteiger partial charge in [0, 0.05) is 0 Å². The molecule has 0 spiro atoms. The fraction of sp³-hybridized carbons (Fsp3) is 0.350. The molecule has 0 amide bonds. The number of thiol groups is 2. The number of benzene rings is 2. The van der Waals surface area contributed by atoms with Crippen LogP contribution in [0, 0.1) is 0 Å². The number of hydrogen-bond donors (Lipinski definition) is 2. The van der Waals surface area contributed by atoms with Crippen LogP contribution in [0.4, 0.5) is 0 Å². The molecule has 0 aliphatic heterocycles. The topological polar surface area (TPSA) is 35.5 Å². The average molecular weight is 377 g/mol. The third kappa shape index (κ3) is 4.95. The van der Waals surface area contributed by atoms with E-state index >= 15 is 0 Å². The molecular weight excluding hydrogens is 352 g/mol. The van der Waals surface area contributed by atoms with Gasteiger partial charge in [-0.1, -0.05) is 42.5 Å². The van der Waals surface area contributed by atoms with Crippen molar-refractivity contribution in [3.8, 4) is 5.75 Å². The van der Waals surface area contributed by atoms with Crippen LogP contribution in [0.15, 0.2) is 54.6 Å². The predicted molar refractivity (Wildman–Crippen MR) is 108 cm³/mol. The molecule has 5 heteroatoms.